The van der Waals surface area contributed by atoms with Gasteiger partial charge in [0.05, 0.1) is 19.4 Å². The lowest BCUT2D eigenvalue weighted by molar-refractivity contribution is -0.117. The molecule has 1 amide bonds. The molecule has 0 spiro atoms. The summed E-state index contributed by atoms with van der Waals surface area (Å²) in [5, 5.41) is 0. The molecule has 0 aliphatic carbocycles. The van der Waals surface area contributed by atoms with Crippen molar-refractivity contribution in [1.29, 1.82) is 0 Å². The van der Waals surface area contributed by atoms with E-state index in [4.69, 9.17) is 4.74 Å². The topological polar surface area (TPSA) is 75.7 Å². The lowest BCUT2D eigenvalue weighted by atomic mass is 10.2. The quantitative estimate of drug-likeness (QED) is 0.851. The zero-order valence-corrected chi connectivity index (χ0v) is 14.8. The number of ether oxygens (including phenoxy) is 1. The molecular formula is C18H20N2O4S. The Morgan fingerprint density at radius 2 is 2.00 bits per heavy atom. The minimum Gasteiger partial charge on any atom is -0.497 e. The number of hydrogen-bond donors (Lipinski definition) is 1. The number of carbonyl (C=O) groups excluding carboxylic acids is 1. The van der Waals surface area contributed by atoms with Crippen LogP contribution >= 0.6 is 0 Å². The highest BCUT2D eigenvalue weighted by molar-refractivity contribution is 7.88. The summed E-state index contributed by atoms with van der Waals surface area (Å²) in [6.07, 6.45) is 0.790. The van der Waals surface area contributed by atoms with E-state index >= 15 is 0 Å². The van der Waals surface area contributed by atoms with Crippen LogP contribution in [0.3, 0.4) is 0 Å². The van der Waals surface area contributed by atoms with Crippen molar-refractivity contribution >= 4 is 21.6 Å². The second kappa shape index (κ2) is 7.25. The molecule has 1 aliphatic rings. The van der Waals surface area contributed by atoms with Crippen LogP contribution in [-0.4, -0.2) is 34.5 Å². The van der Waals surface area contributed by atoms with Gasteiger partial charge in [0.2, 0.25) is 15.9 Å². The average Bonchev–Trinajstić information content (AvgIpc) is 3.04. The Morgan fingerprint density at radius 1 is 1.20 bits per heavy atom. The lowest BCUT2D eigenvalue weighted by Crippen LogP contribution is -2.39. The van der Waals surface area contributed by atoms with Crippen LogP contribution in [0.15, 0.2) is 48.5 Å². The molecule has 7 heteroatoms. The Kier molecular flexibility index (Phi) is 5.06. The molecule has 0 unspecified atom stereocenters. The number of fused-ring (bicyclic) bond motifs is 1. The molecule has 0 bridgehead atoms. The van der Waals surface area contributed by atoms with Gasteiger partial charge in [0.25, 0.3) is 0 Å². The molecule has 1 aliphatic heterocycles. The molecule has 0 fully saturated rings. The molecule has 0 atom stereocenters. The van der Waals surface area contributed by atoms with E-state index in [1.807, 2.05) is 24.3 Å². The number of anilines is 1. The summed E-state index contributed by atoms with van der Waals surface area (Å²) >= 11 is 0. The predicted molar refractivity (Wildman–Crippen MR) is 96.1 cm³/mol. The zero-order chi connectivity index (χ0) is 17.9. The maximum absolute atomic E-state index is 12.4. The van der Waals surface area contributed by atoms with E-state index in [1.165, 1.54) is 7.11 Å². The summed E-state index contributed by atoms with van der Waals surface area (Å²) in [5.41, 5.74) is 2.57. The molecule has 1 heterocycles. The van der Waals surface area contributed by atoms with Crippen LogP contribution in [0.25, 0.3) is 0 Å². The van der Waals surface area contributed by atoms with E-state index in [0.29, 0.717) is 17.9 Å². The molecule has 2 aromatic carbocycles. The number of benzene rings is 2. The first-order chi connectivity index (χ1) is 12.0. The predicted octanol–water partition coefficient (Wildman–Crippen LogP) is 1.70. The highest BCUT2D eigenvalue weighted by Crippen LogP contribution is 2.27. The van der Waals surface area contributed by atoms with Gasteiger partial charge < -0.3 is 9.64 Å². The van der Waals surface area contributed by atoms with E-state index in [0.717, 1.165) is 17.7 Å². The second-order valence-electron chi connectivity index (χ2n) is 5.86. The van der Waals surface area contributed by atoms with Crippen molar-refractivity contribution in [3.63, 3.8) is 0 Å². The van der Waals surface area contributed by atoms with Crippen LogP contribution < -0.4 is 14.4 Å². The second-order valence-corrected chi connectivity index (χ2v) is 7.66. The Hall–Kier alpha value is -2.38. The average molecular weight is 360 g/mol. The monoisotopic (exact) mass is 360 g/mol. The molecule has 0 saturated heterocycles. The van der Waals surface area contributed by atoms with Gasteiger partial charge in [-0.05, 0) is 35.7 Å². The Morgan fingerprint density at radius 3 is 2.80 bits per heavy atom. The third-order valence-electron chi connectivity index (χ3n) is 4.12. The van der Waals surface area contributed by atoms with Gasteiger partial charge >= 0.3 is 0 Å². The van der Waals surface area contributed by atoms with Crippen LogP contribution in [0.2, 0.25) is 0 Å². The van der Waals surface area contributed by atoms with E-state index in [2.05, 4.69) is 4.72 Å². The highest BCUT2D eigenvalue weighted by Gasteiger charge is 2.25. The number of rotatable bonds is 6. The van der Waals surface area contributed by atoms with Crippen molar-refractivity contribution in [2.45, 2.75) is 12.2 Å². The first-order valence-electron chi connectivity index (χ1n) is 7.97. The summed E-state index contributed by atoms with van der Waals surface area (Å²) in [7, 11) is -2.09. The summed E-state index contributed by atoms with van der Waals surface area (Å²) in [6.45, 7) is 0.330. The van der Waals surface area contributed by atoms with Gasteiger partial charge in [-0.1, -0.05) is 30.3 Å². The molecule has 0 radical (unpaired) electrons. The first-order valence-corrected chi connectivity index (χ1v) is 9.62. The molecule has 1 N–H and O–H groups in total. The third kappa shape index (κ3) is 4.18. The summed E-state index contributed by atoms with van der Waals surface area (Å²) in [4.78, 5) is 14.0. The van der Waals surface area contributed by atoms with E-state index in [-0.39, 0.29) is 18.2 Å². The van der Waals surface area contributed by atoms with E-state index < -0.39 is 10.0 Å². The maximum Gasteiger partial charge on any atom is 0.242 e. The minimum atomic E-state index is -3.61. The van der Waals surface area contributed by atoms with Crippen molar-refractivity contribution in [2.24, 2.45) is 0 Å². The number of nitrogens with zero attached hydrogens (tertiary/aromatic N) is 1. The highest BCUT2D eigenvalue weighted by atomic mass is 32.2. The third-order valence-corrected chi connectivity index (χ3v) is 5.42. The van der Waals surface area contributed by atoms with Gasteiger partial charge in [0.15, 0.2) is 0 Å². The maximum atomic E-state index is 12.4. The number of nitrogens with one attached hydrogen (secondary N) is 1. The van der Waals surface area contributed by atoms with Crippen LogP contribution in [0.4, 0.5) is 5.69 Å². The van der Waals surface area contributed by atoms with Gasteiger partial charge in [-0.15, -0.1) is 0 Å². The normalized spacial score (nSPS) is 13.6. The fraction of sp³-hybridized carbons (Fsp3) is 0.278. The number of carbonyl (C=O) groups is 1. The van der Waals surface area contributed by atoms with Gasteiger partial charge in [-0.2, -0.15) is 0 Å². The Labute approximate surface area is 147 Å². The minimum absolute atomic E-state index is 0.200. The van der Waals surface area contributed by atoms with Gasteiger partial charge in [0.1, 0.15) is 5.75 Å². The van der Waals surface area contributed by atoms with Gasteiger partial charge in [-0.3, -0.25) is 4.79 Å². The van der Waals surface area contributed by atoms with Crippen molar-refractivity contribution in [2.75, 3.05) is 25.1 Å². The van der Waals surface area contributed by atoms with Crippen molar-refractivity contribution < 1.29 is 17.9 Å². The Bertz CT molecular complexity index is 880. The lowest BCUT2D eigenvalue weighted by Gasteiger charge is -2.17. The van der Waals surface area contributed by atoms with Crippen molar-refractivity contribution in [3.05, 3.63) is 59.7 Å². The number of methoxy groups -OCH3 is 1. The number of sulfonamides is 1. The number of para-hydroxylation sites is 1. The molecule has 3 rings (SSSR count). The van der Waals surface area contributed by atoms with Gasteiger partial charge in [0, 0.05) is 12.2 Å². The SMILES string of the molecule is COc1cccc(CS(=O)(=O)NCC(=O)N2CCc3ccccc32)c1. The van der Waals surface area contributed by atoms with Crippen LogP contribution in [0.1, 0.15) is 11.1 Å². The largest absolute Gasteiger partial charge is 0.497 e. The van der Waals surface area contributed by atoms with Crippen LogP contribution in [-0.2, 0) is 27.0 Å². The van der Waals surface area contributed by atoms with Crippen molar-refractivity contribution in [3.8, 4) is 5.75 Å². The summed E-state index contributed by atoms with van der Waals surface area (Å²) < 4.78 is 32.0. The number of hydrogen-bond acceptors (Lipinski definition) is 4. The fourth-order valence-corrected chi connectivity index (χ4v) is 3.96. The first kappa shape index (κ1) is 17.4. The Balaban J connectivity index is 1.61. The molecule has 6 nitrogen and oxygen atoms in total. The van der Waals surface area contributed by atoms with Crippen LogP contribution in [0.5, 0.6) is 5.75 Å². The molecule has 2 aromatic rings. The van der Waals surface area contributed by atoms with E-state index in [9.17, 15) is 13.2 Å². The molecule has 0 aromatic heterocycles. The van der Waals surface area contributed by atoms with Gasteiger partial charge in [-0.25, -0.2) is 13.1 Å². The van der Waals surface area contributed by atoms with Crippen molar-refractivity contribution in [1.82, 2.24) is 4.72 Å². The molecule has 132 valence electrons. The van der Waals surface area contributed by atoms with E-state index in [1.54, 1.807) is 29.2 Å². The zero-order valence-electron chi connectivity index (χ0n) is 13.9. The standard InChI is InChI=1S/C18H20N2O4S/c1-24-16-7-4-5-14(11-16)13-25(22,23)19-12-18(21)20-10-9-15-6-2-3-8-17(15)20/h2-8,11,19H,9-10,12-13H2,1H3. The molecule has 25 heavy (non-hydrogen) atoms. The fourth-order valence-electron chi connectivity index (χ4n) is 2.90. The smallest absolute Gasteiger partial charge is 0.242 e. The summed E-state index contributed by atoms with van der Waals surface area (Å²) in [5.74, 6) is 0.144. The molecular weight excluding hydrogens is 340 g/mol. The summed E-state index contributed by atoms with van der Waals surface area (Å²) in [6, 6.07) is 14.5. The molecule has 0 saturated carbocycles. The number of amides is 1. The van der Waals surface area contributed by atoms with Crippen LogP contribution in [0, 0.1) is 0 Å².